The number of nitrogens with one attached hydrogen (secondary N) is 2. The van der Waals surface area contributed by atoms with Gasteiger partial charge in [-0.1, -0.05) is 47.7 Å². The molecule has 3 heterocycles. The van der Waals surface area contributed by atoms with E-state index in [9.17, 15) is 19.8 Å². The van der Waals surface area contributed by atoms with E-state index in [4.69, 9.17) is 9.47 Å². The highest BCUT2D eigenvalue weighted by molar-refractivity contribution is 7.16. The fourth-order valence-corrected chi connectivity index (χ4v) is 6.95. The van der Waals surface area contributed by atoms with Gasteiger partial charge in [-0.05, 0) is 48.7 Å². The topological polar surface area (TPSA) is 127 Å². The van der Waals surface area contributed by atoms with E-state index in [1.165, 1.54) is 6.07 Å². The number of ether oxygens (including phenoxy) is 2. The van der Waals surface area contributed by atoms with Gasteiger partial charge < -0.3 is 34.9 Å². The second kappa shape index (κ2) is 13.5. The van der Waals surface area contributed by atoms with Gasteiger partial charge in [-0.3, -0.25) is 14.5 Å². The average Bonchev–Trinajstić information content (AvgIpc) is 3.45. The Morgan fingerprint density at radius 1 is 1.07 bits per heavy atom. The standard InChI is InChI=1S/C33H38N4O6S/c38-27-11-10-26(30-29(27)35-32(41)44-30)28(39)21-34-20-23-6-8-25(9-7-23)42-18-16-36-14-12-33(13-15-36)22-37(17-19-43-33)31(40)24-4-2-1-3-5-24/h1-11,28,34,38-39H,12-22H2,(H,35,41)/t28-/m0/s1. The number of carbonyl (C=O) groups is 1. The van der Waals surface area contributed by atoms with Crippen LogP contribution in [0.2, 0.25) is 0 Å². The molecule has 6 rings (SSSR count). The summed E-state index contributed by atoms with van der Waals surface area (Å²) in [6.45, 7) is 5.94. The fourth-order valence-electron chi connectivity index (χ4n) is 6.03. The number of aliphatic hydroxyl groups excluding tert-OH is 1. The molecule has 2 fully saturated rings. The van der Waals surface area contributed by atoms with Gasteiger partial charge >= 0.3 is 4.87 Å². The number of H-pyrrole nitrogens is 1. The first-order chi connectivity index (χ1) is 21.4. The molecule has 0 radical (unpaired) electrons. The Bertz CT molecular complexity index is 1620. The van der Waals surface area contributed by atoms with E-state index in [1.807, 2.05) is 59.5 Å². The maximum Gasteiger partial charge on any atom is 0.305 e. The summed E-state index contributed by atoms with van der Waals surface area (Å²) < 4.78 is 12.8. The first kappa shape index (κ1) is 30.3. The molecule has 232 valence electrons. The number of carbonyl (C=O) groups excluding carboxylic acids is 1. The van der Waals surface area contributed by atoms with Crippen molar-refractivity contribution in [1.29, 1.82) is 0 Å². The summed E-state index contributed by atoms with van der Waals surface area (Å²) in [4.78, 5) is 31.4. The molecule has 4 aromatic rings. The molecule has 2 aliphatic heterocycles. The second-order valence-corrected chi connectivity index (χ2v) is 12.5. The van der Waals surface area contributed by atoms with Crippen molar-refractivity contribution in [3.05, 3.63) is 93.1 Å². The number of hydrogen-bond acceptors (Lipinski definition) is 9. The van der Waals surface area contributed by atoms with Crippen LogP contribution in [0.5, 0.6) is 11.5 Å². The lowest BCUT2D eigenvalue weighted by atomic mass is 9.89. The summed E-state index contributed by atoms with van der Waals surface area (Å²) in [5, 5.41) is 23.9. The minimum absolute atomic E-state index is 0.00659. The quantitative estimate of drug-likeness (QED) is 0.213. The third-order valence-corrected chi connectivity index (χ3v) is 9.47. The summed E-state index contributed by atoms with van der Waals surface area (Å²) >= 11 is 0.979. The minimum atomic E-state index is -0.822. The molecule has 1 aromatic heterocycles. The van der Waals surface area contributed by atoms with E-state index in [-0.39, 0.29) is 22.1 Å². The number of aromatic nitrogens is 1. The van der Waals surface area contributed by atoms with Crippen LogP contribution in [-0.2, 0) is 11.3 Å². The molecule has 0 aliphatic carbocycles. The van der Waals surface area contributed by atoms with E-state index >= 15 is 0 Å². The summed E-state index contributed by atoms with van der Waals surface area (Å²) in [6, 6.07) is 20.5. The molecule has 3 aromatic carbocycles. The normalized spacial score (nSPS) is 17.6. The number of benzene rings is 3. The Hall–Kier alpha value is -3.74. The predicted octanol–water partition coefficient (Wildman–Crippen LogP) is 3.50. The molecule has 1 amide bonds. The van der Waals surface area contributed by atoms with E-state index in [0.717, 1.165) is 60.7 Å². The van der Waals surface area contributed by atoms with Crippen molar-refractivity contribution in [3.8, 4) is 11.5 Å². The highest BCUT2D eigenvalue weighted by atomic mass is 32.1. The molecule has 11 heteroatoms. The number of hydrogen-bond donors (Lipinski definition) is 4. The Balaban J connectivity index is 0.910. The van der Waals surface area contributed by atoms with Crippen LogP contribution in [0.1, 0.15) is 40.4 Å². The molecular weight excluding hydrogens is 580 g/mol. The summed E-state index contributed by atoms with van der Waals surface area (Å²) in [7, 11) is 0. The first-order valence-corrected chi connectivity index (χ1v) is 15.9. The van der Waals surface area contributed by atoms with Crippen molar-refractivity contribution in [3.63, 3.8) is 0 Å². The number of amides is 1. The van der Waals surface area contributed by atoms with Crippen LogP contribution in [0, 0.1) is 0 Å². The largest absolute Gasteiger partial charge is 0.506 e. The van der Waals surface area contributed by atoms with Crippen LogP contribution in [0.4, 0.5) is 0 Å². The van der Waals surface area contributed by atoms with Gasteiger partial charge in [-0.15, -0.1) is 0 Å². The summed E-state index contributed by atoms with van der Waals surface area (Å²) in [6.07, 6.45) is 0.966. The van der Waals surface area contributed by atoms with Crippen molar-refractivity contribution in [2.75, 3.05) is 52.5 Å². The summed E-state index contributed by atoms with van der Waals surface area (Å²) in [5.74, 6) is 0.880. The van der Waals surface area contributed by atoms with Gasteiger partial charge in [0, 0.05) is 50.4 Å². The molecule has 10 nitrogen and oxygen atoms in total. The van der Waals surface area contributed by atoms with E-state index < -0.39 is 6.10 Å². The van der Waals surface area contributed by atoms with Crippen molar-refractivity contribution >= 4 is 27.5 Å². The molecule has 2 saturated heterocycles. The smallest absolute Gasteiger partial charge is 0.305 e. The number of phenolic OH excluding ortho intramolecular Hbond substituents is 1. The molecule has 2 aliphatic rings. The number of aromatic hydroxyl groups is 1. The third kappa shape index (κ3) is 6.98. The van der Waals surface area contributed by atoms with Crippen LogP contribution in [0.15, 0.2) is 71.5 Å². The number of aliphatic hydroxyl groups is 1. The van der Waals surface area contributed by atoms with Gasteiger partial charge in [-0.2, -0.15) is 0 Å². The van der Waals surface area contributed by atoms with Gasteiger partial charge in [-0.25, -0.2) is 0 Å². The molecule has 0 saturated carbocycles. The van der Waals surface area contributed by atoms with Gasteiger partial charge in [0.25, 0.3) is 5.91 Å². The zero-order chi connectivity index (χ0) is 30.5. The number of likely N-dealkylation sites (tertiary alicyclic amines) is 1. The van der Waals surface area contributed by atoms with Crippen molar-refractivity contribution < 1.29 is 24.5 Å². The number of phenols is 1. The van der Waals surface area contributed by atoms with Crippen LogP contribution >= 0.6 is 11.3 Å². The SMILES string of the molecule is O=C(c1ccccc1)N1CCOC2(CCN(CCOc3ccc(CNC[C@H](O)c4ccc(O)c5[nH]c(=O)sc45)cc3)CC2)C1. The van der Waals surface area contributed by atoms with E-state index in [0.29, 0.717) is 55.2 Å². The van der Waals surface area contributed by atoms with Crippen LogP contribution in [0.3, 0.4) is 0 Å². The Morgan fingerprint density at radius 2 is 1.84 bits per heavy atom. The Labute approximate surface area is 259 Å². The molecule has 0 unspecified atom stereocenters. The number of aromatic amines is 1. The van der Waals surface area contributed by atoms with Crippen molar-refractivity contribution in [1.82, 2.24) is 20.1 Å². The number of piperidine rings is 1. The molecule has 44 heavy (non-hydrogen) atoms. The minimum Gasteiger partial charge on any atom is -0.506 e. The van der Waals surface area contributed by atoms with Gasteiger partial charge in [0.1, 0.15) is 23.6 Å². The van der Waals surface area contributed by atoms with Crippen molar-refractivity contribution in [2.24, 2.45) is 0 Å². The second-order valence-electron chi connectivity index (χ2n) is 11.5. The predicted molar refractivity (Wildman–Crippen MR) is 169 cm³/mol. The number of fused-ring (bicyclic) bond motifs is 1. The maximum absolute atomic E-state index is 13.0. The fraction of sp³-hybridized carbons (Fsp3) is 0.394. The molecule has 1 atom stereocenters. The zero-order valence-corrected chi connectivity index (χ0v) is 25.4. The van der Waals surface area contributed by atoms with E-state index in [1.54, 1.807) is 6.07 Å². The van der Waals surface area contributed by atoms with Crippen molar-refractivity contribution in [2.45, 2.75) is 31.1 Å². The summed E-state index contributed by atoms with van der Waals surface area (Å²) in [5.41, 5.74) is 2.48. The average molecular weight is 619 g/mol. The number of rotatable bonds is 10. The lowest BCUT2D eigenvalue weighted by molar-refractivity contribution is -0.127. The Morgan fingerprint density at radius 3 is 2.61 bits per heavy atom. The van der Waals surface area contributed by atoms with Crippen LogP contribution < -0.4 is 14.9 Å². The lowest BCUT2D eigenvalue weighted by Crippen LogP contribution is -2.58. The number of thiazole rings is 1. The monoisotopic (exact) mass is 618 g/mol. The zero-order valence-electron chi connectivity index (χ0n) is 24.5. The molecular formula is C33H38N4O6S. The Kier molecular flexibility index (Phi) is 9.29. The van der Waals surface area contributed by atoms with Gasteiger partial charge in [0.05, 0.1) is 29.6 Å². The highest BCUT2D eigenvalue weighted by Gasteiger charge is 2.41. The van der Waals surface area contributed by atoms with E-state index in [2.05, 4.69) is 15.2 Å². The number of nitrogens with zero attached hydrogens (tertiary/aromatic N) is 2. The van der Waals surface area contributed by atoms with Crippen LogP contribution in [0.25, 0.3) is 10.2 Å². The molecule has 0 bridgehead atoms. The lowest BCUT2D eigenvalue weighted by Gasteiger charge is -2.47. The first-order valence-electron chi connectivity index (χ1n) is 15.0. The highest BCUT2D eigenvalue weighted by Crippen LogP contribution is 2.32. The van der Waals surface area contributed by atoms with Crippen LogP contribution in [-0.4, -0.2) is 89.0 Å². The third-order valence-electron chi connectivity index (χ3n) is 8.54. The molecule has 4 N–H and O–H groups in total. The maximum atomic E-state index is 13.0. The number of morpholine rings is 1. The molecule has 1 spiro atoms. The van der Waals surface area contributed by atoms with Gasteiger partial charge in [0.15, 0.2) is 0 Å². The van der Waals surface area contributed by atoms with Gasteiger partial charge in [0.2, 0.25) is 0 Å².